The number of carbonyl (C=O) groups is 2. The monoisotopic (exact) mass is 333 g/mol. The van der Waals surface area contributed by atoms with Crippen molar-refractivity contribution in [1.29, 1.82) is 0 Å². The number of pyridine rings is 1. The Morgan fingerprint density at radius 2 is 1.96 bits per heavy atom. The molecule has 0 saturated heterocycles. The number of carbonyl (C=O) groups excluding carboxylic acids is 1. The van der Waals surface area contributed by atoms with Crippen LogP contribution >= 0.6 is 0 Å². The molecule has 1 amide bonds. The molecule has 1 aromatic heterocycles. The van der Waals surface area contributed by atoms with Crippen LogP contribution in [0.2, 0.25) is 0 Å². The van der Waals surface area contributed by atoms with Crippen molar-refractivity contribution in [2.75, 3.05) is 0 Å². The van der Waals surface area contributed by atoms with Gasteiger partial charge >= 0.3 is 11.7 Å². The molecule has 1 atom stereocenters. The molecule has 124 valence electrons. The number of halogens is 1. The molecule has 0 bridgehead atoms. The summed E-state index contributed by atoms with van der Waals surface area (Å²) in [7, 11) is 0. The summed E-state index contributed by atoms with van der Waals surface area (Å²) in [4.78, 5) is 36.9. The molecule has 0 aliphatic rings. The second kappa shape index (κ2) is 7.27. The lowest BCUT2D eigenvalue weighted by Crippen LogP contribution is -2.42. The van der Waals surface area contributed by atoms with Crippen LogP contribution in [0.15, 0.2) is 42.7 Å². The number of nitro groups is 1. The van der Waals surface area contributed by atoms with Crippen LogP contribution in [0, 0.1) is 15.9 Å². The fourth-order valence-electron chi connectivity index (χ4n) is 2.01. The van der Waals surface area contributed by atoms with E-state index in [1.165, 1.54) is 30.6 Å². The van der Waals surface area contributed by atoms with Gasteiger partial charge in [0.25, 0.3) is 5.91 Å². The van der Waals surface area contributed by atoms with E-state index in [9.17, 15) is 29.2 Å². The van der Waals surface area contributed by atoms with Crippen molar-refractivity contribution in [2.24, 2.45) is 0 Å². The highest BCUT2D eigenvalue weighted by Gasteiger charge is 2.23. The highest BCUT2D eigenvalue weighted by atomic mass is 19.1. The van der Waals surface area contributed by atoms with Crippen LogP contribution in [0.25, 0.3) is 0 Å². The zero-order valence-corrected chi connectivity index (χ0v) is 12.2. The Kier molecular flexibility index (Phi) is 5.15. The molecule has 2 N–H and O–H groups in total. The van der Waals surface area contributed by atoms with Crippen LogP contribution in [0.4, 0.5) is 10.1 Å². The van der Waals surface area contributed by atoms with Crippen molar-refractivity contribution in [1.82, 2.24) is 10.3 Å². The van der Waals surface area contributed by atoms with Gasteiger partial charge in [0.2, 0.25) is 5.82 Å². The number of nitrogens with one attached hydrogen (secondary N) is 1. The molecule has 1 aromatic carbocycles. The number of hydrogen-bond donors (Lipinski definition) is 2. The first-order valence-electron chi connectivity index (χ1n) is 6.75. The number of benzene rings is 1. The summed E-state index contributed by atoms with van der Waals surface area (Å²) in [6.45, 7) is 0. The van der Waals surface area contributed by atoms with Crippen molar-refractivity contribution in [3.8, 4) is 0 Å². The summed E-state index contributed by atoms with van der Waals surface area (Å²) < 4.78 is 13.3. The van der Waals surface area contributed by atoms with Crippen molar-refractivity contribution < 1.29 is 24.0 Å². The second-order valence-electron chi connectivity index (χ2n) is 4.85. The fraction of sp³-hybridized carbons (Fsp3) is 0.133. The van der Waals surface area contributed by atoms with Gasteiger partial charge in [-0.1, -0.05) is 6.07 Å². The summed E-state index contributed by atoms with van der Waals surface area (Å²) in [6, 6.07) is 4.57. The molecular weight excluding hydrogens is 321 g/mol. The predicted octanol–water partition coefficient (Wildman–Crippen LogP) is 1.55. The Hall–Kier alpha value is -3.36. The van der Waals surface area contributed by atoms with Crippen molar-refractivity contribution in [3.63, 3.8) is 0 Å². The van der Waals surface area contributed by atoms with Gasteiger partial charge in [-0.2, -0.15) is 4.39 Å². The lowest BCUT2D eigenvalue weighted by Gasteiger charge is -2.14. The molecule has 2 rings (SSSR count). The van der Waals surface area contributed by atoms with Gasteiger partial charge in [0.15, 0.2) is 0 Å². The van der Waals surface area contributed by atoms with Crippen LogP contribution in [-0.4, -0.2) is 32.9 Å². The maximum absolute atomic E-state index is 13.3. The first kappa shape index (κ1) is 17.0. The van der Waals surface area contributed by atoms with Crippen LogP contribution in [0.1, 0.15) is 15.9 Å². The van der Waals surface area contributed by atoms with Gasteiger partial charge in [-0.25, -0.2) is 4.79 Å². The van der Waals surface area contributed by atoms with Crippen molar-refractivity contribution in [2.45, 2.75) is 12.5 Å². The van der Waals surface area contributed by atoms with E-state index in [0.717, 1.165) is 12.1 Å². The van der Waals surface area contributed by atoms with Crippen LogP contribution < -0.4 is 5.32 Å². The van der Waals surface area contributed by atoms with Gasteiger partial charge in [0.05, 0.1) is 4.92 Å². The number of rotatable bonds is 6. The second-order valence-corrected chi connectivity index (χ2v) is 4.85. The number of aliphatic carboxylic acids is 1. The molecule has 0 aliphatic heterocycles. The van der Waals surface area contributed by atoms with E-state index < -0.39 is 34.3 Å². The first-order valence-corrected chi connectivity index (χ1v) is 6.75. The Balaban J connectivity index is 2.17. The van der Waals surface area contributed by atoms with E-state index in [1.54, 1.807) is 0 Å². The third kappa shape index (κ3) is 4.09. The van der Waals surface area contributed by atoms with E-state index >= 15 is 0 Å². The number of nitrogens with zero attached hydrogens (tertiary/aromatic N) is 2. The lowest BCUT2D eigenvalue weighted by atomic mass is 10.0. The maximum Gasteiger partial charge on any atom is 0.326 e. The summed E-state index contributed by atoms with van der Waals surface area (Å²) in [5.41, 5.74) is -0.316. The SMILES string of the molecule is O=C(N[C@H](Cc1ccc(F)c([N+](=O)[O-])c1)C(=O)O)c1ccncc1. The standard InChI is InChI=1S/C15H12FN3O5/c16-11-2-1-9(8-13(11)19(23)24)7-12(15(21)22)18-14(20)10-3-5-17-6-4-10/h1-6,8,12H,7H2,(H,18,20)(H,21,22)/t12-/m1/s1. The van der Waals surface area contributed by atoms with E-state index in [1.807, 2.05) is 0 Å². The molecule has 8 nitrogen and oxygen atoms in total. The number of amides is 1. The number of carboxylic acid groups (broad SMARTS) is 1. The average Bonchev–Trinajstić information content (AvgIpc) is 2.56. The summed E-state index contributed by atoms with van der Waals surface area (Å²) in [5.74, 6) is -2.96. The fourth-order valence-corrected chi connectivity index (χ4v) is 2.01. The molecule has 24 heavy (non-hydrogen) atoms. The van der Waals surface area contributed by atoms with E-state index in [2.05, 4.69) is 10.3 Å². The minimum atomic E-state index is -1.32. The van der Waals surface area contributed by atoms with Crippen molar-refractivity contribution in [3.05, 3.63) is 69.8 Å². The summed E-state index contributed by atoms with van der Waals surface area (Å²) >= 11 is 0. The molecular formula is C15H12FN3O5. The molecule has 0 radical (unpaired) electrons. The zero-order chi connectivity index (χ0) is 17.7. The zero-order valence-electron chi connectivity index (χ0n) is 12.2. The number of nitro benzene ring substituents is 1. The van der Waals surface area contributed by atoms with Gasteiger partial charge in [-0.05, 0) is 23.8 Å². The van der Waals surface area contributed by atoms with E-state index in [4.69, 9.17) is 0 Å². The average molecular weight is 333 g/mol. The normalized spacial score (nSPS) is 11.5. The van der Waals surface area contributed by atoms with Gasteiger partial charge in [0.1, 0.15) is 6.04 Å². The molecule has 0 fully saturated rings. The van der Waals surface area contributed by atoms with E-state index in [-0.39, 0.29) is 17.5 Å². The highest BCUT2D eigenvalue weighted by molar-refractivity contribution is 5.96. The molecule has 0 aliphatic carbocycles. The lowest BCUT2D eigenvalue weighted by molar-refractivity contribution is -0.387. The Bertz CT molecular complexity index is 782. The van der Waals surface area contributed by atoms with Crippen molar-refractivity contribution >= 4 is 17.6 Å². The smallest absolute Gasteiger partial charge is 0.326 e. The summed E-state index contributed by atoms with van der Waals surface area (Å²) in [5, 5.41) is 22.3. The Morgan fingerprint density at radius 1 is 1.29 bits per heavy atom. The van der Waals surface area contributed by atoms with E-state index in [0.29, 0.717) is 0 Å². The third-order valence-electron chi connectivity index (χ3n) is 3.19. The molecule has 9 heteroatoms. The minimum Gasteiger partial charge on any atom is -0.480 e. The molecule has 0 spiro atoms. The Morgan fingerprint density at radius 3 is 2.54 bits per heavy atom. The number of hydrogen-bond acceptors (Lipinski definition) is 5. The number of carboxylic acids is 1. The topological polar surface area (TPSA) is 122 Å². The maximum atomic E-state index is 13.3. The highest BCUT2D eigenvalue weighted by Crippen LogP contribution is 2.19. The first-order chi connectivity index (χ1) is 11.4. The summed E-state index contributed by atoms with van der Waals surface area (Å²) in [6.07, 6.45) is 2.54. The largest absolute Gasteiger partial charge is 0.480 e. The number of aromatic nitrogens is 1. The molecule has 2 aromatic rings. The van der Waals surface area contributed by atoms with Crippen LogP contribution in [0.5, 0.6) is 0 Å². The third-order valence-corrected chi connectivity index (χ3v) is 3.19. The van der Waals surface area contributed by atoms with Crippen LogP contribution in [-0.2, 0) is 11.2 Å². The van der Waals surface area contributed by atoms with Crippen LogP contribution in [0.3, 0.4) is 0 Å². The molecule has 1 heterocycles. The predicted molar refractivity (Wildman–Crippen MR) is 79.9 cm³/mol. The van der Waals surface area contributed by atoms with Gasteiger partial charge < -0.3 is 10.4 Å². The molecule has 0 unspecified atom stereocenters. The quantitative estimate of drug-likeness (QED) is 0.611. The van der Waals surface area contributed by atoms with Gasteiger partial charge in [0, 0.05) is 30.4 Å². The Labute approximate surface area is 135 Å². The van der Waals surface area contributed by atoms with Gasteiger partial charge in [-0.3, -0.25) is 19.9 Å². The molecule has 0 saturated carbocycles. The van der Waals surface area contributed by atoms with Gasteiger partial charge in [-0.15, -0.1) is 0 Å². The minimum absolute atomic E-state index is 0.213.